The second kappa shape index (κ2) is 6.55. The highest BCUT2D eigenvalue weighted by Gasteiger charge is 2.26. The van der Waals surface area contributed by atoms with Gasteiger partial charge in [0.1, 0.15) is 17.2 Å². The van der Waals surface area contributed by atoms with E-state index in [0.717, 1.165) is 46.8 Å². The summed E-state index contributed by atoms with van der Waals surface area (Å²) in [5.41, 5.74) is 4.05. The van der Waals surface area contributed by atoms with Crippen molar-refractivity contribution in [2.75, 3.05) is 25.6 Å². The standard InChI is InChI=1S/C19H20N2O4/c1-23-14-4-2-13(3-5-14)21-19(22)20-11-16-15-7-9-24-17(15)10-12-6-8-25-18(12)16/h2-5,10H,6-9,11H2,1H3,(H2,20,21,22). The fourth-order valence-corrected chi connectivity index (χ4v) is 3.29. The van der Waals surface area contributed by atoms with Crippen LogP contribution >= 0.6 is 0 Å². The number of rotatable bonds is 4. The second-order valence-electron chi connectivity index (χ2n) is 6.05. The first kappa shape index (κ1) is 15.6. The van der Waals surface area contributed by atoms with Crippen LogP contribution in [-0.2, 0) is 19.4 Å². The van der Waals surface area contributed by atoms with Crippen molar-refractivity contribution in [2.45, 2.75) is 19.4 Å². The Morgan fingerprint density at radius 1 is 1.16 bits per heavy atom. The lowest BCUT2D eigenvalue weighted by Crippen LogP contribution is -2.28. The highest BCUT2D eigenvalue weighted by atomic mass is 16.5. The molecule has 6 heteroatoms. The molecule has 2 aromatic rings. The van der Waals surface area contributed by atoms with Crippen molar-refractivity contribution in [2.24, 2.45) is 0 Å². The molecule has 2 heterocycles. The van der Waals surface area contributed by atoms with Crippen molar-refractivity contribution in [3.63, 3.8) is 0 Å². The number of amides is 2. The van der Waals surface area contributed by atoms with Crippen molar-refractivity contribution < 1.29 is 19.0 Å². The van der Waals surface area contributed by atoms with E-state index in [-0.39, 0.29) is 6.03 Å². The number of carbonyl (C=O) groups excluding carboxylic acids is 1. The first-order valence-electron chi connectivity index (χ1n) is 8.37. The molecular weight excluding hydrogens is 320 g/mol. The smallest absolute Gasteiger partial charge is 0.319 e. The zero-order chi connectivity index (χ0) is 17.2. The lowest BCUT2D eigenvalue weighted by Gasteiger charge is -2.14. The van der Waals surface area contributed by atoms with Crippen LogP contribution in [-0.4, -0.2) is 26.4 Å². The van der Waals surface area contributed by atoms with Gasteiger partial charge in [0.2, 0.25) is 0 Å². The quantitative estimate of drug-likeness (QED) is 0.898. The number of hydrogen-bond donors (Lipinski definition) is 2. The Kier molecular flexibility index (Phi) is 4.09. The molecule has 0 aliphatic carbocycles. The average molecular weight is 340 g/mol. The van der Waals surface area contributed by atoms with E-state index in [1.54, 1.807) is 31.4 Å². The molecule has 0 spiro atoms. The van der Waals surface area contributed by atoms with Crippen LogP contribution in [0.2, 0.25) is 0 Å². The fourth-order valence-electron chi connectivity index (χ4n) is 3.29. The predicted molar refractivity (Wildman–Crippen MR) is 93.7 cm³/mol. The summed E-state index contributed by atoms with van der Waals surface area (Å²) >= 11 is 0. The Labute approximate surface area is 146 Å². The number of fused-ring (bicyclic) bond motifs is 2. The average Bonchev–Trinajstić information content (AvgIpc) is 3.28. The summed E-state index contributed by atoms with van der Waals surface area (Å²) in [5, 5.41) is 5.74. The molecule has 130 valence electrons. The SMILES string of the molecule is COc1ccc(NC(=O)NCc2c3c(cc4c2OCC4)OCC3)cc1. The fraction of sp³-hybridized carbons (Fsp3) is 0.316. The highest BCUT2D eigenvalue weighted by molar-refractivity contribution is 5.89. The van der Waals surface area contributed by atoms with Gasteiger partial charge in [-0.05, 0) is 30.3 Å². The van der Waals surface area contributed by atoms with E-state index < -0.39 is 0 Å². The number of carbonyl (C=O) groups is 1. The maximum absolute atomic E-state index is 12.2. The van der Waals surface area contributed by atoms with Gasteiger partial charge in [0, 0.05) is 41.8 Å². The third-order valence-corrected chi connectivity index (χ3v) is 4.53. The molecule has 2 aliphatic rings. The van der Waals surface area contributed by atoms with E-state index in [1.807, 2.05) is 0 Å². The molecule has 0 atom stereocenters. The number of nitrogens with one attached hydrogen (secondary N) is 2. The van der Waals surface area contributed by atoms with Gasteiger partial charge in [-0.15, -0.1) is 0 Å². The Morgan fingerprint density at radius 3 is 2.76 bits per heavy atom. The largest absolute Gasteiger partial charge is 0.497 e. The van der Waals surface area contributed by atoms with Gasteiger partial charge in [-0.3, -0.25) is 0 Å². The van der Waals surface area contributed by atoms with Gasteiger partial charge in [0.15, 0.2) is 0 Å². The number of ether oxygens (including phenoxy) is 3. The first-order valence-corrected chi connectivity index (χ1v) is 8.37. The van der Waals surface area contributed by atoms with Crippen molar-refractivity contribution in [1.29, 1.82) is 0 Å². The monoisotopic (exact) mass is 340 g/mol. The summed E-state index contributed by atoms with van der Waals surface area (Å²) in [5.74, 6) is 2.59. The molecule has 0 radical (unpaired) electrons. The van der Waals surface area contributed by atoms with E-state index in [0.29, 0.717) is 25.4 Å². The van der Waals surface area contributed by atoms with Crippen LogP contribution in [0, 0.1) is 0 Å². The van der Waals surface area contributed by atoms with Gasteiger partial charge in [-0.2, -0.15) is 0 Å². The minimum atomic E-state index is -0.256. The lowest BCUT2D eigenvalue weighted by molar-refractivity contribution is 0.251. The van der Waals surface area contributed by atoms with Gasteiger partial charge in [0.25, 0.3) is 0 Å². The van der Waals surface area contributed by atoms with Gasteiger partial charge in [-0.25, -0.2) is 4.79 Å². The highest BCUT2D eigenvalue weighted by Crippen LogP contribution is 2.40. The first-order chi connectivity index (χ1) is 12.2. The molecule has 0 saturated heterocycles. The molecule has 2 aliphatic heterocycles. The predicted octanol–water partition coefficient (Wildman–Crippen LogP) is 2.89. The zero-order valence-electron chi connectivity index (χ0n) is 14.1. The molecule has 0 aromatic heterocycles. The molecule has 2 N–H and O–H groups in total. The normalized spacial score (nSPS) is 14.1. The Balaban J connectivity index is 1.45. The molecule has 0 fully saturated rings. The summed E-state index contributed by atoms with van der Waals surface area (Å²) in [6.45, 7) is 1.78. The molecule has 4 rings (SSSR count). The Bertz CT molecular complexity index is 770. The van der Waals surface area contributed by atoms with Crippen LogP contribution in [0.3, 0.4) is 0 Å². The van der Waals surface area contributed by atoms with Gasteiger partial charge >= 0.3 is 6.03 Å². The van der Waals surface area contributed by atoms with E-state index in [2.05, 4.69) is 16.7 Å². The number of benzene rings is 2. The lowest BCUT2D eigenvalue weighted by atomic mass is 9.99. The molecule has 0 saturated carbocycles. The third-order valence-electron chi connectivity index (χ3n) is 4.53. The maximum atomic E-state index is 12.2. The second-order valence-corrected chi connectivity index (χ2v) is 6.05. The molecule has 2 aromatic carbocycles. The van der Waals surface area contributed by atoms with Crippen molar-refractivity contribution in [3.8, 4) is 17.2 Å². The summed E-state index contributed by atoms with van der Waals surface area (Å²) in [7, 11) is 1.61. The minimum Gasteiger partial charge on any atom is -0.497 e. The van der Waals surface area contributed by atoms with Crippen molar-refractivity contribution in [3.05, 3.63) is 47.0 Å². The minimum absolute atomic E-state index is 0.256. The third kappa shape index (κ3) is 3.07. The van der Waals surface area contributed by atoms with Crippen LogP contribution in [0.1, 0.15) is 16.7 Å². The topological polar surface area (TPSA) is 68.8 Å². The Morgan fingerprint density at radius 2 is 1.96 bits per heavy atom. The Hall–Kier alpha value is -2.89. The van der Waals surface area contributed by atoms with Gasteiger partial charge in [0.05, 0.1) is 20.3 Å². The summed E-state index contributed by atoms with van der Waals surface area (Å²) in [4.78, 5) is 12.2. The van der Waals surface area contributed by atoms with E-state index in [4.69, 9.17) is 14.2 Å². The van der Waals surface area contributed by atoms with Crippen LogP contribution < -0.4 is 24.8 Å². The molecule has 6 nitrogen and oxygen atoms in total. The van der Waals surface area contributed by atoms with E-state index >= 15 is 0 Å². The maximum Gasteiger partial charge on any atom is 0.319 e. The molecule has 0 bridgehead atoms. The zero-order valence-corrected chi connectivity index (χ0v) is 14.1. The summed E-state index contributed by atoms with van der Waals surface area (Å²) in [6, 6.07) is 9.02. The van der Waals surface area contributed by atoms with Crippen LogP contribution in [0.25, 0.3) is 0 Å². The van der Waals surface area contributed by atoms with Gasteiger partial charge in [-0.1, -0.05) is 0 Å². The number of methoxy groups -OCH3 is 1. The number of anilines is 1. The molecular formula is C19H20N2O4. The van der Waals surface area contributed by atoms with Crippen LogP contribution in [0.15, 0.2) is 30.3 Å². The van der Waals surface area contributed by atoms with Gasteiger partial charge < -0.3 is 24.8 Å². The molecule has 0 unspecified atom stereocenters. The van der Waals surface area contributed by atoms with Crippen molar-refractivity contribution >= 4 is 11.7 Å². The van der Waals surface area contributed by atoms with Crippen LogP contribution in [0.5, 0.6) is 17.2 Å². The van der Waals surface area contributed by atoms with E-state index in [9.17, 15) is 4.79 Å². The summed E-state index contributed by atoms with van der Waals surface area (Å²) in [6.07, 6.45) is 1.74. The summed E-state index contributed by atoms with van der Waals surface area (Å²) < 4.78 is 16.6. The van der Waals surface area contributed by atoms with Crippen molar-refractivity contribution in [1.82, 2.24) is 5.32 Å². The van der Waals surface area contributed by atoms with Crippen LogP contribution in [0.4, 0.5) is 10.5 Å². The molecule has 25 heavy (non-hydrogen) atoms. The molecule has 2 amide bonds. The number of urea groups is 1. The number of hydrogen-bond acceptors (Lipinski definition) is 4. The van der Waals surface area contributed by atoms with E-state index in [1.165, 1.54) is 0 Å².